The minimum atomic E-state index is -0.484. The lowest BCUT2D eigenvalue weighted by molar-refractivity contribution is -0.245. The van der Waals surface area contributed by atoms with E-state index >= 15 is 0 Å². The van der Waals surface area contributed by atoms with Gasteiger partial charge in [0.1, 0.15) is 5.52 Å². The Kier molecular flexibility index (Phi) is 6.75. The lowest BCUT2D eigenvalue weighted by atomic mass is 10.0. The first-order valence-electron chi connectivity index (χ1n) is 11.0. The molecule has 3 aromatic carbocycles. The standard InChI is InChI=1S/C26H26N2O4S/c27-14-17-5-11-20(12-6-17)25-30-21(13-24(31-25)19-9-7-18(15-29)8-10-19)16-33-26-28-22-3-1-2-4-23(22)32-26/h1-12,21,24-25,29H,13-16,27H2/t21-,24+,25?/m0/s1. The zero-order valence-corrected chi connectivity index (χ0v) is 18.9. The van der Waals surface area contributed by atoms with Gasteiger partial charge in [-0.05, 0) is 28.8 Å². The van der Waals surface area contributed by atoms with Crippen LogP contribution in [-0.2, 0) is 22.6 Å². The van der Waals surface area contributed by atoms with Gasteiger partial charge in [-0.25, -0.2) is 4.98 Å². The Labute approximate surface area is 196 Å². The number of rotatable bonds is 7. The molecule has 2 heterocycles. The predicted molar refractivity (Wildman–Crippen MR) is 127 cm³/mol. The van der Waals surface area contributed by atoms with Crippen molar-refractivity contribution in [1.29, 1.82) is 0 Å². The lowest BCUT2D eigenvalue weighted by Gasteiger charge is -2.36. The molecule has 0 spiro atoms. The second kappa shape index (κ2) is 10.1. The first kappa shape index (κ1) is 22.1. The average Bonchev–Trinajstić information content (AvgIpc) is 3.30. The number of thioether (sulfide) groups is 1. The molecule has 1 saturated heterocycles. The largest absolute Gasteiger partial charge is 0.431 e. The summed E-state index contributed by atoms with van der Waals surface area (Å²) in [4.78, 5) is 4.56. The molecule has 1 unspecified atom stereocenters. The first-order valence-corrected chi connectivity index (χ1v) is 12.0. The predicted octanol–water partition coefficient (Wildman–Crippen LogP) is 5.12. The molecule has 0 bridgehead atoms. The van der Waals surface area contributed by atoms with Crippen LogP contribution in [0.1, 0.15) is 41.1 Å². The van der Waals surface area contributed by atoms with Crippen molar-refractivity contribution >= 4 is 22.9 Å². The van der Waals surface area contributed by atoms with E-state index in [2.05, 4.69) is 4.98 Å². The monoisotopic (exact) mass is 462 g/mol. The van der Waals surface area contributed by atoms with Gasteiger partial charge < -0.3 is 24.7 Å². The number of oxazole rings is 1. The number of ether oxygens (including phenoxy) is 2. The topological polar surface area (TPSA) is 90.7 Å². The van der Waals surface area contributed by atoms with Crippen LogP contribution >= 0.6 is 11.8 Å². The van der Waals surface area contributed by atoms with E-state index in [9.17, 15) is 5.11 Å². The number of aromatic nitrogens is 1. The fourth-order valence-electron chi connectivity index (χ4n) is 3.91. The summed E-state index contributed by atoms with van der Waals surface area (Å²) in [5.74, 6) is 0.693. The molecule has 4 aromatic rings. The van der Waals surface area contributed by atoms with E-state index in [1.165, 1.54) is 0 Å². The third-order valence-corrected chi connectivity index (χ3v) is 6.73. The molecule has 1 aromatic heterocycles. The number of nitrogens with two attached hydrogens (primary N) is 1. The van der Waals surface area contributed by atoms with E-state index in [1.54, 1.807) is 11.8 Å². The molecule has 3 atom stereocenters. The molecule has 7 heteroatoms. The van der Waals surface area contributed by atoms with Crippen molar-refractivity contribution in [3.05, 3.63) is 95.1 Å². The second-order valence-corrected chi connectivity index (χ2v) is 9.03. The fraction of sp³-hybridized carbons (Fsp3) is 0.269. The second-order valence-electron chi connectivity index (χ2n) is 8.05. The highest BCUT2D eigenvalue weighted by Crippen LogP contribution is 2.39. The summed E-state index contributed by atoms with van der Waals surface area (Å²) in [7, 11) is 0. The van der Waals surface area contributed by atoms with Crippen LogP contribution < -0.4 is 5.73 Å². The SMILES string of the molecule is NCc1ccc(C2O[C@H](CSc3nc4ccccc4o3)C[C@H](c3ccc(CO)cc3)O2)cc1. The molecule has 1 fully saturated rings. The van der Waals surface area contributed by atoms with Gasteiger partial charge in [0.05, 0.1) is 18.8 Å². The summed E-state index contributed by atoms with van der Waals surface area (Å²) >= 11 is 1.55. The summed E-state index contributed by atoms with van der Waals surface area (Å²) in [5, 5.41) is 10.0. The van der Waals surface area contributed by atoms with Gasteiger partial charge in [0, 0.05) is 24.3 Å². The van der Waals surface area contributed by atoms with Crippen LogP contribution in [0, 0.1) is 0 Å². The van der Waals surface area contributed by atoms with Gasteiger partial charge in [-0.15, -0.1) is 0 Å². The van der Waals surface area contributed by atoms with Crippen LogP contribution in [0.25, 0.3) is 11.1 Å². The maximum atomic E-state index is 9.37. The molecule has 1 aliphatic rings. The van der Waals surface area contributed by atoms with Gasteiger partial charge in [-0.3, -0.25) is 0 Å². The van der Waals surface area contributed by atoms with Crippen LogP contribution in [0.3, 0.4) is 0 Å². The molecular weight excluding hydrogens is 436 g/mol. The highest BCUT2D eigenvalue weighted by molar-refractivity contribution is 7.99. The van der Waals surface area contributed by atoms with E-state index in [1.807, 2.05) is 72.8 Å². The van der Waals surface area contributed by atoms with Crippen molar-refractivity contribution in [2.75, 3.05) is 5.75 Å². The molecular formula is C26H26N2O4S. The number of aliphatic hydroxyl groups excluding tert-OH is 1. The maximum absolute atomic E-state index is 9.37. The molecule has 0 amide bonds. The highest BCUT2D eigenvalue weighted by Gasteiger charge is 2.32. The molecule has 6 nitrogen and oxygen atoms in total. The number of hydrogen-bond donors (Lipinski definition) is 2. The maximum Gasteiger partial charge on any atom is 0.256 e. The molecule has 1 aliphatic heterocycles. The van der Waals surface area contributed by atoms with Crippen LogP contribution in [0.2, 0.25) is 0 Å². The smallest absolute Gasteiger partial charge is 0.256 e. The van der Waals surface area contributed by atoms with Crippen molar-refractivity contribution in [3.8, 4) is 0 Å². The van der Waals surface area contributed by atoms with E-state index in [4.69, 9.17) is 19.6 Å². The Balaban J connectivity index is 1.35. The number of fused-ring (bicyclic) bond motifs is 1. The molecule has 0 aliphatic carbocycles. The molecule has 0 radical (unpaired) electrons. The third-order valence-electron chi connectivity index (χ3n) is 5.77. The molecule has 33 heavy (non-hydrogen) atoms. The first-order chi connectivity index (χ1) is 16.2. The minimum Gasteiger partial charge on any atom is -0.431 e. The summed E-state index contributed by atoms with van der Waals surface area (Å²) < 4.78 is 18.6. The molecule has 5 rings (SSSR count). The number of para-hydroxylation sites is 2. The van der Waals surface area contributed by atoms with Gasteiger partial charge in [0.2, 0.25) is 0 Å². The van der Waals surface area contributed by atoms with Crippen molar-refractivity contribution < 1.29 is 19.0 Å². The van der Waals surface area contributed by atoms with Gasteiger partial charge in [0.15, 0.2) is 11.9 Å². The average molecular weight is 463 g/mol. The quantitative estimate of drug-likeness (QED) is 0.369. The molecule has 0 saturated carbocycles. The van der Waals surface area contributed by atoms with Crippen molar-refractivity contribution in [2.45, 2.75) is 43.3 Å². The van der Waals surface area contributed by atoms with Crippen LogP contribution in [0.5, 0.6) is 0 Å². The van der Waals surface area contributed by atoms with Crippen molar-refractivity contribution in [1.82, 2.24) is 4.98 Å². The van der Waals surface area contributed by atoms with E-state index < -0.39 is 6.29 Å². The van der Waals surface area contributed by atoms with Crippen LogP contribution in [0.15, 0.2) is 82.4 Å². The fourth-order valence-corrected chi connectivity index (χ4v) is 4.77. The number of aliphatic hydroxyl groups is 1. The van der Waals surface area contributed by atoms with E-state index in [-0.39, 0.29) is 18.8 Å². The molecule has 3 N–H and O–H groups in total. The van der Waals surface area contributed by atoms with Gasteiger partial charge in [-0.1, -0.05) is 72.4 Å². The summed E-state index contributed by atoms with van der Waals surface area (Å²) in [6, 6.07) is 23.7. The van der Waals surface area contributed by atoms with Gasteiger partial charge in [-0.2, -0.15) is 0 Å². The van der Waals surface area contributed by atoms with E-state index in [0.29, 0.717) is 23.9 Å². The Morgan fingerprint density at radius 3 is 2.36 bits per heavy atom. The van der Waals surface area contributed by atoms with Crippen molar-refractivity contribution in [3.63, 3.8) is 0 Å². The van der Waals surface area contributed by atoms with E-state index in [0.717, 1.165) is 33.4 Å². The zero-order chi connectivity index (χ0) is 22.6. The molecule has 170 valence electrons. The summed E-state index contributed by atoms with van der Waals surface area (Å²) in [5.41, 5.74) is 11.4. The normalized spacial score (nSPS) is 20.8. The Bertz CT molecular complexity index is 1100. The summed E-state index contributed by atoms with van der Waals surface area (Å²) in [6.07, 6.45) is 0.0472. The number of nitrogens with zero attached hydrogens (tertiary/aromatic N) is 1. The number of hydrogen-bond acceptors (Lipinski definition) is 7. The Hall–Kier alpha value is -2.68. The van der Waals surface area contributed by atoms with Crippen LogP contribution in [0.4, 0.5) is 0 Å². The zero-order valence-electron chi connectivity index (χ0n) is 18.1. The third kappa shape index (κ3) is 5.13. The van der Waals surface area contributed by atoms with Crippen molar-refractivity contribution in [2.24, 2.45) is 5.73 Å². The Morgan fingerprint density at radius 1 is 0.909 bits per heavy atom. The summed E-state index contributed by atoms with van der Waals surface area (Å²) in [6.45, 7) is 0.519. The van der Waals surface area contributed by atoms with Gasteiger partial charge in [0.25, 0.3) is 5.22 Å². The highest BCUT2D eigenvalue weighted by atomic mass is 32.2. The van der Waals surface area contributed by atoms with Gasteiger partial charge >= 0.3 is 0 Å². The van der Waals surface area contributed by atoms with Crippen LogP contribution in [-0.4, -0.2) is 21.9 Å². The lowest BCUT2D eigenvalue weighted by Crippen LogP contribution is -2.31. The minimum absolute atomic E-state index is 0.0226. The number of benzene rings is 3. The Morgan fingerprint density at radius 2 is 1.64 bits per heavy atom.